The number of carbonyl (C=O) groups excluding carboxylic acids is 1. The van der Waals surface area contributed by atoms with E-state index < -0.39 is 10.0 Å². The molecule has 1 N–H and O–H groups in total. The number of ether oxygens (including phenoxy) is 1. The molecule has 3 rings (SSSR count). The Morgan fingerprint density at radius 2 is 1.74 bits per heavy atom. The Balaban J connectivity index is 1.43. The van der Waals surface area contributed by atoms with Crippen molar-refractivity contribution in [3.8, 4) is 5.75 Å². The van der Waals surface area contributed by atoms with E-state index in [0.29, 0.717) is 45.5 Å². The molecule has 1 saturated heterocycles. The standard InChI is InChI=1S/C24H32N2O4S/c1-2-30-23-13-7-6-12-22(23)19-25-24(27)21-14-16-26(17-15-21)31(28,29)18-8-11-20-9-4-3-5-10-20/h3-7,9-10,12-13,21H,2,8,11,14-19H2,1H3,(H,25,27). The zero-order valence-corrected chi connectivity index (χ0v) is 18.9. The molecule has 0 unspecified atom stereocenters. The highest BCUT2D eigenvalue weighted by atomic mass is 32.2. The summed E-state index contributed by atoms with van der Waals surface area (Å²) < 4.78 is 32.5. The molecular formula is C24H32N2O4S. The van der Waals surface area contributed by atoms with Crippen molar-refractivity contribution >= 4 is 15.9 Å². The maximum Gasteiger partial charge on any atom is 0.223 e. The minimum atomic E-state index is -3.28. The molecule has 1 aliphatic rings. The summed E-state index contributed by atoms with van der Waals surface area (Å²) in [6, 6.07) is 17.6. The van der Waals surface area contributed by atoms with E-state index in [2.05, 4.69) is 5.32 Å². The molecule has 0 bridgehead atoms. The first-order valence-corrected chi connectivity index (χ1v) is 12.6. The van der Waals surface area contributed by atoms with Crippen molar-refractivity contribution < 1.29 is 17.9 Å². The topological polar surface area (TPSA) is 75.7 Å². The SMILES string of the molecule is CCOc1ccccc1CNC(=O)C1CCN(S(=O)(=O)CCCc2ccccc2)CC1. The Labute approximate surface area is 185 Å². The van der Waals surface area contributed by atoms with Crippen molar-refractivity contribution in [2.75, 3.05) is 25.4 Å². The van der Waals surface area contributed by atoms with Gasteiger partial charge in [-0.15, -0.1) is 0 Å². The largest absolute Gasteiger partial charge is 0.494 e. The second-order valence-corrected chi connectivity index (χ2v) is 9.93. The van der Waals surface area contributed by atoms with Gasteiger partial charge in [-0.05, 0) is 44.2 Å². The number of sulfonamides is 1. The fourth-order valence-corrected chi connectivity index (χ4v) is 5.44. The lowest BCUT2D eigenvalue weighted by molar-refractivity contribution is -0.126. The number of hydrogen-bond acceptors (Lipinski definition) is 4. The van der Waals surface area contributed by atoms with E-state index in [-0.39, 0.29) is 17.6 Å². The van der Waals surface area contributed by atoms with Gasteiger partial charge in [-0.2, -0.15) is 0 Å². The molecule has 2 aromatic carbocycles. The molecule has 7 heteroatoms. The van der Waals surface area contributed by atoms with E-state index in [0.717, 1.165) is 23.3 Å². The third-order valence-electron chi connectivity index (χ3n) is 5.65. The highest BCUT2D eigenvalue weighted by Crippen LogP contribution is 2.22. The number of rotatable bonds is 10. The molecule has 1 amide bonds. The van der Waals surface area contributed by atoms with Crippen molar-refractivity contribution in [1.82, 2.24) is 9.62 Å². The molecule has 0 aromatic heterocycles. The Morgan fingerprint density at radius 1 is 1.06 bits per heavy atom. The van der Waals surface area contributed by atoms with E-state index in [4.69, 9.17) is 4.74 Å². The van der Waals surface area contributed by atoms with Gasteiger partial charge in [-0.25, -0.2) is 12.7 Å². The highest BCUT2D eigenvalue weighted by Gasteiger charge is 2.30. The number of benzene rings is 2. The summed E-state index contributed by atoms with van der Waals surface area (Å²) in [5.41, 5.74) is 2.09. The first kappa shape index (κ1) is 23.3. The van der Waals surface area contributed by atoms with Crippen molar-refractivity contribution in [1.29, 1.82) is 0 Å². The first-order valence-electron chi connectivity index (χ1n) is 11.0. The maximum absolute atomic E-state index is 12.7. The second-order valence-electron chi connectivity index (χ2n) is 7.84. The molecule has 0 spiro atoms. The van der Waals surface area contributed by atoms with Crippen LogP contribution >= 0.6 is 0 Å². The quantitative estimate of drug-likeness (QED) is 0.610. The average molecular weight is 445 g/mol. The van der Waals surface area contributed by atoms with Crippen LogP contribution in [0.5, 0.6) is 5.75 Å². The van der Waals surface area contributed by atoms with Crippen LogP contribution in [0.3, 0.4) is 0 Å². The van der Waals surface area contributed by atoms with Crippen molar-refractivity contribution in [2.24, 2.45) is 5.92 Å². The number of hydrogen-bond donors (Lipinski definition) is 1. The van der Waals surface area contributed by atoms with Gasteiger partial charge >= 0.3 is 0 Å². The molecule has 1 aliphatic heterocycles. The van der Waals surface area contributed by atoms with Crippen LogP contribution in [0.15, 0.2) is 54.6 Å². The number of carbonyl (C=O) groups is 1. The fourth-order valence-electron chi connectivity index (χ4n) is 3.90. The lowest BCUT2D eigenvalue weighted by atomic mass is 9.97. The number of para-hydroxylation sites is 1. The van der Waals surface area contributed by atoms with Gasteiger partial charge < -0.3 is 10.1 Å². The Morgan fingerprint density at radius 3 is 2.45 bits per heavy atom. The molecule has 31 heavy (non-hydrogen) atoms. The molecule has 2 aromatic rings. The van der Waals surface area contributed by atoms with Crippen LogP contribution in [0, 0.1) is 5.92 Å². The summed E-state index contributed by atoms with van der Waals surface area (Å²) in [6.45, 7) is 3.72. The van der Waals surface area contributed by atoms with Gasteiger partial charge in [0.1, 0.15) is 5.75 Å². The molecule has 0 aliphatic carbocycles. The van der Waals surface area contributed by atoms with Crippen molar-refractivity contribution in [3.05, 3.63) is 65.7 Å². The molecular weight excluding hydrogens is 412 g/mol. The average Bonchev–Trinajstić information content (AvgIpc) is 2.79. The number of piperidine rings is 1. The number of nitrogens with zero attached hydrogens (tertiary/aromatic N) is 1. The van der Waals surface area contributed by atoms with Crippen LogP contribution in [0.2, 0.25) is 0 Å². The molecule has 1 heterocycles. The predicted molar refractivity (Wildman–Crippen MR) is 122 cm³/mol. The fraction of sp³-hybridized carbons (Fsp3) is 0.458. The zero-order valence-electron chi connectivity index (χ0n) is 18.1. The Bertz CT molecular complexity index is 939. The van der Waals surface area contributed by atoms with E-state index in [1.54, 1.807) is 4.31 Å². The normalized spacial score (nSPS) is 15.5. The number of nitrogens with one attached hydrogen (secondary N) is 1. The summed E-state index contributed by atoms with van der Waals surface area (Å²) in [5.74, 6) is 0.747. The molecule has 1 fully saturated rings. The van der Waals surface area contributed by atoms with Gasteiger partial charge in [0.05, 0.1) is 12.4 Å². The van der Waals surface area contributed by atoms with Crippen LogP contribution < -0.4 is 10.1 Å². The van der Waals surface area contributed by atoms with Crippen LogP contribution in [0.1, 0.15) is 37.3 Å². The minimum Gasteiger partial charge on any atom is -0.494 e. The van der Waals surface area contributed by atoms with Gasteiger partial charge in [-0.3, -0.25) is 4.79 Å². The molecule has 0 saturated carbocycles. The van der Waals surface area contributed by atoms with Gasteiger partial charge in [0.15, 0.2) is 0 Å². The minimum absolute atomic E-state index is 0.0209. The van der Waals surface area contributed by atoms with Crippen molar-refractivity contribution in [3.63, 3.8) is 0 Å². The summed E-state index contributed by atoms with van der Waals surface area (Å²) in [7, 11) is -3.28. The molecule has 168 valence electrons. The van der Waals surface area contributed by atoms with Gasteiger partial charge in [0.25, 0.3) is 0 Å². The summed E-state index contributed by atoms with van der Waals surface area (Å²) in [4.78, 5) is 12.6. The summed E-state index contributed by atoms with van der Waals surface area (Å²) in [5, 5.41) is 2.99. The predicted octanol–water partition coefficient (Wildman–Crippen LogP) is 3.38. The lowest BCUT2D eigenvalue weighted by Crippen LogP contribution is -2.43. The van der Waals surface area contributed by atoms with E-state index in [1.165, 1.54) is 0 Å². The van der Waals surface area contributed by atoms with Crippen LogP contribution in [0.25, 0.3) is 0 Å². The molecule has 6 nitrogen and oxygen atoms in total. The monoisotopic (exact) mass is 444 g/mol. The van der Waals surface area contributed by atoms with Crippen LogP contribution in [-0.4, -0.2) is 44.1 Å². The second kappa shape index (κ2) is 11.3. The Kier molecular flexibility index (Phi) is 8.49. The van der Waals surface area contributed by atoms with Gasteiger partial charge in [-0.1, -0.05) is 48.5 Å². The van der Waals surface area contributed by atoms with E-state index in [9.17, 15) is 13.2 Å². The number of amides is 1. The van der Waals surface area contributed by atoms with Crippen molar-refractivity contribution in [2.45, 2.75) is 39.2 Å². The van der Waals surface area contributed by atoms with Crippen LogP contribution in [0.4, 0.5) is 0 Å². The summed E-state index contributed by atoms with van der Waals surface area (Å²) in [6.07, 6.45) is 2.46. The molecule has 0 radical (unpaired) electrons. The Hall–Kier alpha value is -2.38. The third-order valence-corrected chi connectivity index (χ3v) is 7.61. The van der Waals surface area contributed by atoms with Gasteiger partial charge in [0, 0.05) is 31.1 Å². The highest BCUT2D eigenvalue weighted by molar-refractivity contribution is 7.89. The summed E-state index contributed by atoms with van der Waals surface area (Å²) >= 11 is 0. The first-order chi connectivity index (χ1) is 15.0. The lowest BCUT2D eigenvalue weighted by Gasteiger charge is -2.30. The van der Waals surface area contributed by atoms with Crippen LogP contribution in [-0.2, 0) is 27.8 Å². The zero-order chi connectivity index (χ0) is 22.1. The van der Waals surface area contributed by atoms with E-state index in [1.807, 2.05) is 61.5 Å². The molecule has 0 atom stereocenters. The van der Waals surface area contributed by atoms with Gasteiger partial charge in [0.2, 0.25) is 15.9 Å². The smallest absolute Gasteiger partial charge is 0.223 e. The maximum atomic E-state index is 12.7. The van der Waals surface area contributed by atoms with E-state index >= 15 is 0 Å². The third kappa shape index (κ3) is 6.80. The number of aryl methyl sites for hydroxylation is 1.